The highest BCUT2D eigenvalue weighted by Crippen LogP contribution is 2.29. The van der Waals surface area contributed by atoms with E-state index in [1.807, 2.05) is 24.3 Å². The number of nitro groups is 1. The first-order chi connectivity index (χ1) is 10.3. The Labute approximate surface area is 123 Å². The predicted octanol–water partition coefficient (Wildman–Crippen LogP) is 3.09. The fourth-order valence-corrected chi connectivity index (χ4v) is 2.73. The van der Waals surface area contributed by atoms with Crippen LogP contribution >= 0.6 is 0 Å². The van der Waals surface area contributed by atoms with Gasteiger partial charge in [-0.3, -0.25) is 15.4 Å². The average molecular weight is 283 g/mol. The van der Waals surface area contributed by atoms with Crippen LogP contribution < -0.4 is 10.2 Å². The largest absolute Gasteiger partial charge is 0.352 e. The zero-order valence-electron chi connectivity index (χ0n) is 11.6. The summed E-state index contributed by atoms with van der Waals surface area (Å²) in [4.78, 5) is 12.9. The van der Waals surface area contributed by atoms with E-state index in [2.05, 4.69) is 22.3 Å². The van der Waals surface area contributed by atoms with Crippen LogP contribution in [0.2, 0.25) is 0 Å². The van der Waals surface area contributed by atoms with Crippen LogP contribution in [0.1, 0.15) is 18.2 Å². The van der Waals surface area contributed by atoms with Crippen LogP contribution in [0.25, 0.3) is 0 Å². The van der Waals surface area contributed by atoms with Crippen molar-refractivity contribution >= 4 is 11.4 Å². The van der Waals surface area contributed by atoms with Crippen LogP contribution in [-0.2, 0) is 0 Å². The second kappa shape index (κ2) is 5.93. The Balaban J connectivity index is 1.94. The fraction of sp³-hybridized carbons (Fsp3) is 0.250. The topological polar surface area (TPSA) is 58.4 Å². The molecule has 1 fully saturated rings. The van der Waals surface area contributed by atoms with Gasteiger partial charge in [0.25, 0.3) is 5.69 Å². The summed E-state index contributed by atoms with van der Waals surface area (Å²) in [6.07, 6.45) is 1.03. The molecule has 0 aromatic heterocycles. The Morgan fingerprint density at radius 1 is 1.14 bits per heavy atom. The molecule has 0 bridgehead atoms. The Kier molecular flexibility index (Phi) is 3.83. The van der Waals surface area contributed by atoms with E-state index in [1.165, 1.54) is 6.07 Å². The zero-order chi connectivity index (χ0) is 14.7. The van der Waals surface area contributed by atoms with E-state index in [1.54, 1.807) is 12.1 Å². The number of nitrogens with one attached hydrogen (secondary N) is 1. The van der Waals surface area contributed by atoms with Crippen molar-refractivity contribution in [2.45, 2.75) is 12.6 Å². The van der Waals surface area contributed by atoms with Crippen LogP contribution in [0.4, 0.5) is 11.4 Å². The van der Waals surface area contributed by atoms with Gasteiger partial charge in [-0.25, -0.2) is 0 Å². The highest BCUT2D eigenvalue weighted by Gasteiger charge is 2.24. The maximum absolute atomic E-state index is 11.0. The van der Waals surface area contributed by atoms with Crippen LogP contribution in [0.5, 0.6) is 0 Å². The van der Waals surface area contributed by atoms with Crippen molar-refractivity contribution in [3.63, 3.8) is 0 Å². The van der Waals surface area contributed by atoms with Crippen molar-refractivity contribution in [3.05, 3.63) is 70.3 Å². The van der Waals surface area contributed by atoms with Gasteiger partial charge in [0, 0.05) is 24.4 Å². The van der Waals surface area contributed by atoms with E-state index in [9.17, 15) is 10.1 Å². The quantitative estimate of drug-likeness (QED) is 0.694. The molecule has 0 radical (unpaired) electrons. The maximum atomic E-state index is 11.0. The Hall–Kier alpha value is -2.40. The minimum absolute atomic E-state index is 0.0268. The summed E-state index contributed by atoms with van der Waals surface area (Å²) >= 11 is 0. The highest BCUT2D eigenvalue weighted by atomic mass is 16.6. The van der Waals surface area contributed by atoms with Crippen LogP contribution in [0, 0.1) is 10.1 Å². The highest BCUT2D eigenvalue weighted by molar-refractivity contribution is 5.50. The van der Waals surface area contributed by atoms with Gasteiger partial charge in [0.1, 0.15) is 6.17 Å². The number of hydrogen-bond acceptors (Lipinski definition) is 4. The monoisotopic (exact) mass is 283 g/mol. The van der Waals surface area contributed by atoms with Crippen molar-refractivity contribution in [2.75, 3.05) is 18.0 Å². The summed E-state index contributed by atoms with van der Waals surface area (Å²) < 4.78 is 0. The molecule has 1 unspecified atom stereocenters. The number of nitrogens with zero attached hydrogens (tertiary/aromatic N) is 2. The third-order valence-corrected chi connectivity index (χ3v) is 3.71. The lowest BCUT2D eigenvalue weighted by molar-refractivity contribution is -0.384. The molecule has 2 aromatic rings. The molecule has 1 heterocycles. The first-order valence-corrected chi connectivity index (χ1v) is 7.05. The molecule has 0 amide bonds. The summed E-state index contributed by atoms with van der Waals surface area (Å²) in [7, 11) is 0. The minimum atomic E-state index is -0.348. The van der Waals surface area contributed by atoms with Crippen molar-refractivity contribution in [3.8, 4) is 0 Å². The van der Waals surface area contributed by atoms with E-state index < -0.39 is 0 Å². The lowest BCUT2D eigenvalue weighted by atomic mass is 10.1. The normalized spacial score (nSPS) is 18.5. The number of rotatable bonds is 3. The molecule has 108 valence electrons. The molecular formula is C16H17N3O2. The summed E-state index contributed by atoms with van der Waals surface area (Å²) in [6, 6.07) is 17.0. The Morgan fingerprint density at radius 2 is 1.95 bits per heavy atom. The van der Waals surface area contributed by atoms with Gasteiger partial charge in [-0.2, -0.15) is 0 Å². The Bertz CT molecular complexity index is 630. The second-order valence-electron chi connectivity index (χ2n) is 5.09. The molecular weight excluding hydrogens is 266 g/mol. The molecule has 0 aliphatic carbocycles. The molecule has 2 aromatic carbocycles. The number of non-ortho nitro benzene ring substituents is 1. The van der Waals surface area contributed by atoms with E-state index in [0.717, 1.165) is 30.8 Å². The first kappa shape index (κ1) is 13.6. The van der Waals surface area contributed by atoms with Gasteiger partial charge in [-0.15, -0.1) is 0 Å². The molecule has 1 atom stereocenters. The number of benzene rings is 2. The third-order valence-electron chi connectivity index (χ3n) is 3.71. The molecule has 1 aliphatic rings. The van der Waals surface area contributed by atoms with E-state index in [0.29, 0.717) is 0 Å². The average Bonchev–Trinajstić information content (AvgIpc) is 2.56. The first-order valence-electron chi connectivity index (χ1n) is 7.05. The Morgan fingerprint density at radius 3 is 2.71 bits per heavy atom. The van der Waals surface area contributed by atoms with E-state index in [4.69, 9.17) is 0 Å². The maximum Gasteiger partial charge on any atom is 0.269 e. The predicted molar refractivity (Wildman–Crippen MR) is 82.2 cm³/mol. The zero-order valence-corrected chi connectivity index (χ0v) is 11.6. The summed E-state index contributed by atoms with van der Waals surface area (Å²) in [5.74, 6) is 0. The van der Waals surface area contributed by atoms with Gasteiger partial charge in [-0.05, 0) is 30.7 Å². The van der Waals surface area contributed by atoms with Crippen molar-refractivity contribution in [1.82, 2.24) is 5.32 Å². The molecule has 1 N–H and O–H groups in total. The molecule has 0 spiro atoms. The van der Waals surface area contributed by atoms with Gasteiger partial charge < -0.3 is 4.90 Å². The van der Waals surface area contributed by atoms with Gasteiger partial charge in [0.15, 0.2) is 0 Å². The summed E-state index contributed by atoms with van der Waals surface area (Å²) in [5.41, 5.74) is 2.18. The van der Waals surface area contributed by atoms with E-state index >= 15 is 0 Å². The van der Waals surface area contributed by atoms with Gasteiger partial charge in [-0.1, -0.05) is 30.3 Å². The van der Waals surface area contributed by atoms with Gasteiger partial charge in [0.2, 0.25) is 0 Å². The standard InChI is InChI=1S/C16H17N3O2/c20-19(21)15-9-4-6-13(12-15)16-17-10-5-11-18(16)14-7-2-1-3-8-14/h1-4,6-9,12,16-17H,5,10-11H2. The van der Waals surface area contributed by atoms with Gasteiger partial charge in [0.05, 0.1) is 4.92 Å². The fourth-order valence-electron chi connectivity index (χ4n) is 2.73. The number of anilines is 1. The second-order valence-corrected chi connectivity index (χ2v) is 5.09. The minimum Gasteiger partial charge on any atom is -0.352 e. The summed E-state index contributed by atoms with van der Waals surface area (Å²) in [5, 5.41) is 14.4. The van der Waals surface area contributed by atoms with Crippen LogP contribution in [-0.4, -0.2) is 18.0 Å². The molecule has 0 saturated carbocycles. The number of nitro benzene ring substituents is 1. The lowest BCUT2D eigenvalue weighted by Crippen LogP contribution is -2.45. The van der Waals surface area contributed by atoms with Crippen molar-refractivity contribution < 1.29 is 4.92 Å². The van der Waals surface area contributed by atoms with E-state index in [-0.39, 0.29) is 16.8 Å². The smallest absolute Gasteiger partial charge is 0.269 e. The number of hydrogen-bond donors (Lipinski definition) is 1. The number of para-hydroxylation sites is 1. The van der Waals surface area contributed by atoms with Crippen LogP contribution in [0.15, 0.2) is 54.6 Å². The lowest BCUT2D eigenvalue weighted by Gasteiger charge is -2.38. The molecule has 1 aliphatic heterocycles. The van der Waals surface area contributed by atoms with Crippen LogP contribution in [0.3, 0.4) is 0 Å². The molecule has 3 rings (SSSR count). The molecule has 21 heavy (non-hydrogen) atoms. The van der Waals surface area contributed by atoms with Crippen molar-refractivity contribution in [2.24, 2.45) is 0 Å². The molecule has 5 heteroatoms. The SMILES string of the molecule is O=[N+]([O-])c1cccc(C2NCCCN2c2ccccc2)c1. The third kappa shape index (κ3) is 2.87. The van der Waals surface area contributed by atoms with Gasteiger partial charge >= 0.3 is 0 Å². The molecule has 1 saturated heterocycles. The molecule has 5 nitrogen and oxygen atoms in total. The van der Waals surface area contributed by atoms with Crippen molar-refractivity contribution in [1.29, 1.82) is 0 Å². The summed E-state index contributed by atoms with van der Waals surface area (Å²) in [6.45, 7) is 1.85.